The van der Waals surface area contributed by atoms with E-state index in [1.54, 1.807) is 12.1 Å². The SMILES string of the molecule is COc1ccc(C(Br)Cc2c(F)cccc2F)cc1Cl. The van der Waals surface area contributed by atoms with E-state index in [1.165, 1.54) is 25.3 Å². The number of hydrogen-bond donors (Lipinski definition) is 0. The highest BCUT2D eigenvalue weighted by Gasteiger charge is 2.16. The summed E-state index contributed by atoms with van der Waals surface area (Å²) in [5.41, 5.74) is 0.889. The fourth-order valence-corrected chi connectivity index (χ4v) is 2.78. The molecule has 0 heterocycles. The minimum Gasteiger partial charge on any atom is -0.495 e. The lowest BCUT2D eigenvalue weighted by Gasteiger charge is -2.13. The summed E-state index contributed by atoms with van der Waals surface area (Å²) in [7, 11) is 1.53. The zero-order chi connectivity index (χ0) is 14.7. The van der Waals surface area contributed by atoms with E-state index >= 15 is 0 Å². The molecule has 0 aliphatic heterocycles. The first-order valence-corrected chi connectivity index (χ1v) is 7.22. The predicted molar refractivity (Wildman–Crippen MR) is 79.7 cm³/mol. The summed E-state index contributed by atoms with van der Waals surface area (Å²) in [5, 5.41) is 0.462. The molecule has 1 atom stereocenters. The third-order valence-corrected chi connectivity index (χ3v) is 4.13. The Morgan fingerprint density at radius 3 is 2.40 bits per heavy atom. The molecule has 0 aliphatic rings. The van der Waals surface area contributed by atoms with Gasteiger partial charge in [-0.2, -0.15) is 0 Å². The van der Waals surface area contributed by atoms with E-state index < -0.39 is 11.6 Å². The summed E-state index contributed by atoms with van der Waals surface area (Å²) in [6.07, 6.45) is 0.196. The van der Waals surface area contributed by atoms with E-state index in [0.29, 0.717) is 10.8 Å². The van der Waals surface area contributed by atoms with Crippen molar-refractivity contribution in [3.63, 3.8) is 0 Å². The lowest BCUT2D eigenvalue weighted by atomic mass is 10.0. The van der Waals surface area contributed by atoms with Gasteiger partial charge in [-0.05, 0) is 36.2 Å². The van der Waals surface area contributed by atoms with Gasteiger partial charge in [-0.3, -0.25) is 0 Å². The van der Waals surface area contributed by atoms with Crippen LogP contribution in [0.2, 0.25) is 5.02 Å². The minimum absolute atomic E-state index is 0.0568. The van der Waals surface area contributed by atoms with Crippen LogP contribution in [0.1, 0.15) is 16.0 Å². The van der Waals surface area contributed by atoms with Crippen LogP contribution in [0, 0.1) is 11.6 Å². The lowest BCUT2D eigenvalue weighted by Crippen LogP contribution is -2.01. The molecule has 0 N–H and O–H groups in total. The van der Waals surface area contributed by atoms with Crippen LogP contribution in [-0.2, 0) is 6.42 Å². The van der Waals surface area contributed by atoms with E-state index in [1.807, 2.05) is 6.07 Å². The highest BCUT2D eigenvalue weighted by atomic mass is 79.9. The molecule has 0 amide bonds. The van der Waals surface area contributed by atoms with Crippen molar-refractivity contribution >= 4 is 27.5 Å². The lowest BCUT2D eigenvalue weighted by molar-refractivity contribution is 0.415. The second-order valence-electron chi connectivity index (χ2n) is 4.27. The van der Waals surface area contributed by atoms with Gasteiger partial charge < -0.3 is 4.74 Å². The number of methoxy groups -OCH3 is 1. The molecule has 106 valence electrons. The molecular weight excluding hydrogens is 350 g/mol. The van der Waals surface area contributed by atoms with Crippen molar-refractivity contribution in [2.24, 2.45) is 0 Å². The molecule has 1 unspecified atom stereocenters. The average molecular weight is 362 g/mol. The summed E-state index contributed by atoms with van der Waals surface area (Å²) in [6, 6.07) is 9.10. The molecule has 2 aromatic carbocycles. The van der Waals surface area contributed by atoms with E-state index in [-0.39, 0.29) is 16.8 Å². The van der Waals surface area contributed by atoms with Crippen molar-refractivity contribution in [3.05, 3.63) is 64.2 Å². The van der Waals surface area contributed by atoms with Crippen molar-refractivity contribution in [2.75, 3.05) is 7.11 Å². The monoisotopic (exact) mass is 360 g/mol. The second kappa shape index (κ2) is 6.55. The van der Waals surface area contributed by atoms with Crippen molar-refractivity contribution in [1.29, 1.82) is 0 Å². The Hall–Kier alpha value is -1.13. The normalized spacial score (nSPS) is 12.2. The van der Waals surface area contributed by atoms with Gasteiger partial charge in [-0.1, -0.05) is 39.7 Å². The molecule has 2 aromatic rings. The second-order valence-corrected chi connectivity index (χ2v) is 5.78. The Kier molecular flexibility index (Phi) is 5.00. The van der Waals surface area contributed by atoms with Crippen LogP contribution in [0.5, 0.6) is 5.75 Å². The standard InChI is InChI=1S/C15H12BrClF2O/c1-20-15-6-5-9(7-12(15)17)11(16)8-10-13(18)3-2-4-14(10)19/h2-7,11H,8H2,1H3. The van der Waals surface area contributed by atoms with E-state index in [0.717, 1.165) is 5.56 Å². The number of benzene rings is 2. The third-order valence-electron chi connectivity index (χ3n) is 2.98. The van der Waals surface area contributed by atoms with Crippen LogP contribution in [0.25, 0.3) is 0 Å². The fraction of sp³-hybridized carbons (Fsp3) is 0.200. The number of alkyl halides is 1. The number of rotatable bonds is 4. The molecule has 1 nitrogen and oxygen atoms in total. The van der Waals surface area contributed by atoms with Gasteiger partial charge >= 0.3 is 0 Å². The van der Waals surface area contributed by atoms with Gasteiger partial charge in [0.05, 0.1) is 12.1 Å². The Morgan fingerprint density at radius 1 is 1.20 bits per heavy atom. The van der Waals surface area contributed by atoms with Gasteiger partial charge in [-0.15, -0.1) is 0 Å². The van der Waals surface area contributed by atoms with Gasteiger partial charge in [0.25, 0.3) is 0 Å². The van der Waals surface area contributed by atoms with E-state index in [2.05, 4.69) is 15.9 Å². The molecule has 0 radical (unpaired) electrons. The summed E-state index contributed by atoms with van der Waals surface area (Å²) < 4.78 is 32.3. The predicted octanol–water partition coefficient (Wildman–Crippen LogP) is 5.31. The molecule has 0 saturated heterocycles. The maximum absolute atomic E-state index is 13.6. The maximum Gasteiger partial charge on any atom is 0.137 e. The third kappa shape index (κ3) is 3.30. The first-order chi connectivity index (χ1) is 9.52. The van der Waals surface area contributed by atoms with Crippen LogP contribution in [0.3, 0.4) is 0 Å². The van der Waals surface area contributed by atoms with Crippen LogP contribution >= 0.6 is 27.5 Å². The Morgan fingerprint density at radius 2 is 1.85 bits per heavy atom. The Balaban J connectivity index is 2.24. The maximum atomic E-state index is 13.6. The Bertz CT molecular complexity index is 599. The van der Waals surface area contributed by atoms with Crippen molar-refractivity contribution in [3.8, 4) is 5.75 Å². The number of hydrogen-bond acceptors (Lipinski definition) is 1. The van der Waals surface area contributed by atoms with Gasteiger partial charge in [-0.25, -0.2) is 8.78 Å². The Labute approximate surface area is 129 Å². The quantitative estimate of drug-likeness (QED) is 0.671. The molecular formula is C15H12BrClF2O. The zero-order valence-electron chi connectivity index (χ0n) is 10.7. The number of ether oxygens (including phenoxy) is 1. The fourth-order valence-electron chi connectivity index (χ4n) is 1.90. The molecule has 2 rings (SSSR count). The first-order valence-electron chi connectivity index (χ1n) is 5.93. The zero-order valence-corrected chi connectivity index (χ0v) is 13.0. The summed E-state index contributed by atoms with van der Waals surface area (Å²) in [5.74, 6) is -0.532. The smallest absolute Gasteiger partial charge is 0.137 e. The summed E-state index contributed by atoms with van der Waals surface area (Å²) in [6.45, 7) is 0. The van der Waals surface area contributed by atoms with Crippen LogP contribution in [0.4, 0.5) is 8.78 Å². The highest BCUT2D eigenvalue weighted by molar-refractivity contribution is 9.09. The molecule has 0 aliphatic carbocycles. The molecule has 0 spiro atoms. The van der Waals surface area contributed by atoms with Crippen molar-refractivity contribution in [1.82, 2.24) is 0 Å². The molecule has 0 bridgehead atoms. The van der Waals surface area contributed by atoms with Gasteiger partial charge in [0.15, 0.2) is 0 Å². The van der Waals surface area contributed by atoms with E-state index in [4.69, 9.17) is 16.3 Å². The average Bonchev–Trinajstić information content (AvgIpc) is 2.42. The molecule has 0 saturated carbocycles. The molecule has 20 heavy (non-hydrogen) atoms. The molecule has 0 fully saturated rings. The van der Waals surface area contributed by atoms with E-state index in [9.17, 15) is 8.78 Å². The molecule has 0 aromatic heterocycles. The highest BCUT2D eigenvalue weighted by Crippen LogP contribution is 2.33. The van der Waals surface area contributed by atoms with Gasteiger partial charge in [0, 0.05) is 10.4 Å². The first kappa shape index (κ1) is 15.3. The largest absolute Gasteiger partial charge is 0.495 e. The van der Waals surface area contributed by atoms with Gasteiger partial charge in [0.2, 0.25) is 0 Å². The van der Waals surface area contributed by atoms with Crippen LogP contribution in [0.15, 0.2) is 36.4 Å². The van der Waals surface area contributed by atoms with Crippen LogP contribution < -0.4 is 4.74 Å². The van der Waals surface area contributed by atoms with Crippen LogP contribution in [-0.4, -0.2) is 7.11 Å². The number of halogens is 4. The molecule has 5 heteroatoms. The minimum atomic E-state index is -0.547. The van der Waals surface area contributed by atoms with Crippen molar-refractivity contribution in [2.45, 2.75) is 11.2 Å². The topological polar surface area (TPSA) is 9.23 Å². The summed E-state index contributed by atoms with van der Waals surface area (Å²) in [4.78, 5) is -0.239. The van der Waals surface area contributed by atoms with Crippen molar-refractivity contribution < 1.29 is 13.5 Å². The van der Waals surface area contributed by atoms with Gasteiger partial charge in [0.1, 0.15) is 17.4 Å². The summed E-state index contributed by atoms with van der Waals surface area (Å²) >= 11 is 9.48.